The summed E-state index contributed by atoms with van der Waals surface area (Å²) in [6.07, 6.45) is 6.26. The van der Waals surface area contributed by atoms with Crippen LogP contribution in [0.5, 0.6) is 0 Å². The SMILES string of the molecule is C/C=C/CCNCC(C)(C)S(C)(=O)=O. The molecule has 0 amide bonds. The van der Waals surface area contributed by atoms with Gasteiger partial charge >= 0.3 is 0 Å². The number of hydrogen-bond acceptors (Lipinski definition) is 3. The third-order valence-electron chi connectivity index (χ3n) is 2.28. The molecule has 0 aromatic carbocycles. The second kappa shape index (κ2) is 5.51. The van der Waals surface area contributed by atoms with Gasteiger partial charge < -0.3 is 5.32 Å². The third kappa shape index (κ3) is 4.77. The van der Waals surface area contributed by atoms with Crippen LogP contribution in [0.25, 0.3) is 0 Å². The molecule has 0 fully saturated rings. The smallest absolute Gasteiger partial charge is 0.153 e. The van der Waals surface area contributed by atoms with Gasteiger partial charge in [-0.1, -0.05) is 12.2 Å². The maximum atomic E-state index is 11.3. The van der Waals surface area contributed by atoms with Crippen molar-refractivity contribution in [1.29, 1.82) is 0 Å². The molecular weight excluding hydrogens is 198 g/mol. The predicted molar refractivity (Wildman–Crippen MR) is 61.2 cm³/mol. The van der Waals surface area contributed by atoms with Crippen molar-refractivity contribution in [2.75, 3.05) is 19.3 Å². The van der Waals surface area contributed by atoms with Gasteiger partial charge in [0, 0.05) is 12.8 Å². The first kappa shape index (κ1) is 13.7. The number of allylic oxidation sites excluding steroid dienone is 1. The average Bonchev–Trinajstić information content (AvgIpc) is 2.02. The molecule has 0 saturated heterocycles. The van der Waals surface area contributed by atoms with Gasteiger partial charge in [-0.3, -0.25) is 0 Å². The fourth-order valence-corrected chi connectivity index (χ4v) is 1.24. The van der Waals surface area contributed by atoms with Gasteiger partial charge in [0.25, 0.3) is 0 Å². The van der Waals surface area contributed by atoms with E-state index in [1.54, 1.807) is 13.8 Å². The van der Waals surface area contributed by atoms with Crippen LogP contribution in [0.15, 0.2) is 12.2 Å². The Morgan fingerprint density at radius 1 is 1.36 bits per heavy atom. The largest absolute Gasteiger partial charge is 0.315 e. The summed E-state index contributed by atoms with van der Waals surface area (Å²) in [6, 6.07) is 0. The summed E-state index contributed by atoms with van der Waals surface area (Å²) in [4.78, 5) is 0. The average molecular weight is 219 g/mol. The fourth-order valence-electron chi connectivity index (χ4n) is 0.873. The fraction of sp³-hybridized carbons (Fsp3) is 0.800. The minimum atomic E-state index is -2.98. The highest BCUT2D eigenvalue weighted by atomic mass is 32.2. The van der Waals surface area contributed by atoms with E-state index in [0.717, 1.165) is 13.0 Å². The minimum absolute atomic E-state index is 0.503. The highest BCUT2D eigenvalue weighted by Gasteiger charge is 2.29. The maximum Gasteiger partial charge on any atom is 0.153 e. The van der Waals surface area contributed by atoms with Crippen LogP contribution in [0.1, 0.15) is 27.2 Å². The molecule has 0 heterocycles. The third-order valence-corrected chi connectivity index (χ3v) is 4.43. The number of rotatable bonds is 6. The number of hydrogen-bond donors (Lipinski definition) is 1. The van der Waals surface area contributed by atoms with Crippen LogP contribution in [0, 0.1) is 0 Å². The van der Waals surface area contributed by atoms with E-state index in [1.165, 1.54) is 6.26 Å². The molecule has 0 atom stereocenters. The lowest BCUT2D eigenvalue weighted by Crippen LogP contribution is -2.41. The molecule has 4 heteroatoms. The lowest BCUT2D eigenvalue weighted by atomic mass is 10.2. The Hall–Kier alpha value is -0.350. The van der Waals surface area contributed by atoms with Crippen molar-refractivity contribution >= 4 is 9.84 Å². The summed E-state index contributed by atoms with van der Waals surface area (Å²) in [7, 11) is -2.98. The second-order valence-electron chi connectivity index (χ2n) is 4.07. The van der Waals surface area contributed by atoms with Crippen molar-refractivity contribution < 1.29 is 8.42 Å². The van der Waals surface area contributed by atoms with E-state index in [1.807, 2.05) is 13.0 Å². The summed E-state index contributed by atoms with van der Waals surface area (Å²) in [5.41, 5.74) is 0. The molecule has 14 heavy (non-hydrogen) atoms. The Morgan fingerprint density at radius 3 is 2.36 bits per heavy atom. The van der Waals surface area contributed by atoms with E-state index in [4.69, 9.17) is 0 Å². The van der Waals surface area contributed by atoms with E-state index < -0.39 is 14.6 Å². The summed E-state index contributed by atoms with van der Waals surface area (Å²) >= 11 is 0. The predicted octanol–water partition coefficient (Wildman–Crippen LogP) is 1.37. The minimum Gasteiger partial charge on any atom is -0.315 e. The molecule has 0 bridgehead atoms. The molecule has 0 radical (unpaired) electrons. The Labute approximate surface area is 87.5 Å². The van der Waals surface area contributed by atoms with Gasteiger partial charge in [-0.2, -0.15) is 0 Å². The molecule has 3 nitrogen and oxygen atoms in total. The van der Waals surface area contributed by atoms with Crippen molar-refractivity contribution in [1.82, 2.24) is 5.32 Å². The molecule has 0 aromatic heterocycles. The van der Waals surface area contributed by atoms with Gasteiger partial charge in [-0.15, -0.1) is 0 Å². The van der Waals surface area contributed by atoms with Crippen LogP contribution in [-0.2, 0) is 9.84 Å². The second-order valence-corrected chi connectivity index (χ2v) is 6.72. The Bertz CT molecular complexity index is 278. The summed E-state index contributed by atoms with van der Waals surface area (Å²) in [5.74, 6) is 0. The molecule has 0 aliphatic carbocycles. The Balaban J connectivity index is 3.90. The van der Waals surface area contributed by atoms with Gasteiger partial charge in [-0.05, 0) is 33.7 Å². The molecule has 0 rings (SSSR count). The first-order valence-electron chi connectivity index (χ1n) is 4.83. The van der Waals surface area contributed by atoms with E-state index >= 15 is 0 Å². The maximum absolute atomic E-state index is 11.3. The van der Waals surface area contributed by atoms with Gasteiger partial charge in [-0.25, -0.2) is 8.42 Å². The molecule has 0 aliphatic heterocycles. The first-order valence-corrected chi connectivity index (χ1v) is 6.72. The van der Waals surface area contributed by atoms with Gasteiger partial charge in [0.15, 0.2) is 9.84 Å². The standard InChI is InChI=1S/C10H21NO2S/c1-5-6-7-8-11-9-10(2,3)14(4,12)13/h5-6,11H,7-9H2,1-4H3/b6-5+. The molecule has 0 aromatic rings. The first-order chi connectivity index (χ1) is 6.31. The normalized spacial score (nSPS) is 13.7. The monoisotopic (exact) mass is 219 g/mol. The quantitative estimate of drug-likeness (QED) is 0.542. The van der Waals surface area contributed by atoms with Gasteiger partial charge in [0.05, 0.1) is 4.75 Å². The zero-order valence-corrected chi connectivity index (χ0v) is 10.3. The van der Waals surface area contributed by atoms with Crippen LogP contribution in [0.3, 0.4) is 0 Å². The molecule has 84 valence electrons. The number of sulfone groups is 1. The Morgan fingerprint density at radius 2 is 1.93 bits per heavy atom. The molecule has 0 unspecified atom stereocenters. The zero-order valence-electron chi connectivity index (χ0n) is 9.50. The van der Waals surface area contributed by atoms with Crippen molar-refractivity contribution in [3.63, 3.8) is 0 Å². The lowest BCUT2D eigenvalue weighted by Gasteiger charge is -2.22. The topological polar surface area (TPSA) is 46.2 Å². The molecule has 0 saturated carbocycles. The van der Waals surface area contributed by atoms with Gasteiger partial charge in [0.1, 0.15) is 0 Å². The molecular formula is C10H21NO2S. The lowest BCUT2D eigenvalue weighted by molar-refractivity contribution is 0.524. The zero-order chi connectivity index (χ0) is 11.2. The number of nitrogens with one attached hydrogen (secondary N) is 1. The summed E-state index contributed by atoms with van der Waals surface area (Å²) in [6.45, 7) is 6.78. The van der Waals surface area contributed by atoms with Crippen LogP contribution in [-0.4, -0.2) is 32.5 Å². The van der Waals surface area contributed by atoms with Crippen LogP contribution >= 0.6 is 0 Å². The summed E-state index contributed by atoms with van der Waals surface area (Å²) in [5, 5.41) is 3.14. The highest BCUT2D eigenvalue weighted by molar-refractivity contribution is 7.92. The van der Waals surface area contributed by atoms with Crippen molar-refractivity contribution in [2.24, 2.45) is 0 Å². The van der Waals surface area contributed by atoms with E-state index in [0.29, 0.717) is 6.54 Å². The van der Waals surface area contributed by atoms with Crippen LogP contribution in [0.4, 0.5) is 0 Å². The molecule has 1 N–H and O–H groups in total. The van der Waals surface area contributed by atoms with Crippen molar-refractivity contribution in [2.45, 2.75) is 31.9 Å². The van der Waals surface area contributed by atoms with E-state index in [2.05, 4.69) is 11.4 Å². The summed E-state index contributed by atoms with van der Waals surface area (Å²) < 4.78 is 22.0. The van der Waals surface area contributed by atoms with Crippen LogP contribution in [0.2, 0.25) is 0 Å². The van der Waals surface area contributed by atoms with Crippen LogP contribution < -0.4 is 5.32 Å². The van der Waals surface area contributed by atoms with E-state index in [-0.39, 0.29) is 0 Å². The molecule has 0 spiro atoms. The Kier molecular flexibility index (Phi) is 5.37. The molecule has 0 aliphatic rings. The van der Waals surface area contributed by atoms with Gasteiger partial charge in [0.2, 0.25) is 0 Å². The van der Waals surface area contributed by atoms with E-state index in [9.17, 15) is 8.42 Å². The highest BCUT2D eigenvalue weighted by Crippen LogP contribution is 2.13. The van der Waals surface area contributed by atoms with Crippen molar-refractivity contribution in [3.05, 3.63) is 12.2 Å². The van der Waals surface area contributed by atoms with Crippen molar-refractivity contribution in [3.8, 4) is 0 Å².